The minimum Gasteiger partial charge on any atom is -0.459 e. The van der Waals surface area contributed by atoms with Crippen molar-refractivity contribution in [1.82, 2.24) is 5.32 Å². The zero-order valence-corrected chi connectivity index (χ0v) is 12.8. The van der Waals surface area contributed by atoms with Gasteiger partial charge in [0, 0.05) is 10.8 Å². The molecule has 0 aliphatic rings. The summed E-state index contributed by atoms with van der Waals surface area (Å²) < 4.78 is 6.07. The van der Waals surface area contributed by atoms with Gasteiger partial charge in [0.2, 0.25) is 0 Å². The monoisotopic (exact) mass is 279 g/mol. The summed E-state index contributed by atoms with van der Waals surface area (Å²) >= 11 is 0. The third kappa shape index (κ3) is 2.47. The Morgan fingerprint density at radius 1 is 0.952 bits per heavy atom. The fourth-order valence-corrected chi connectivity index (χ4v) is 3.04. The lowest BCUT2D eigenvalue weighted by atomic mass is 9.76. The van der Waals surface area contributed by atoms with Crippen molar-refractivity contribution in [2.24, 2.45) is 0 Å². The van der Waals surface area contributed by atoms with Gasteiger partial charge in [0.05, 0.1) is 6.04 Å². The normalized spacial score (nSPS) is 13.5. The molecule has 0 amide bonds. The molecule has 0 aliphatic carbocycles. The van der Waals surface area contributed by atoms with Crippen LogP contribution in [0, 0.1) is 0 Å². The van der Waals surface area contributed by atoms with E-state index in [1.807, 2.05) is 25.2 Å². The zero-order chi connectivity index (χ0) is 14.9. The van der Waals surface area contributed by atoms with Crippen LogP contribution in [-0.2, 0) is 5.41 Å². The van der Waals surface area contributed by atoms with E-state index in [2.05, 4.69) is 61.6 Å². The summed E-state index contributed by atoms with van der Waals surface area (Å²) in [4.78, 5) is 0. The predicted octanol–water partition coefficient (Wildman–Crippen LogP) is 4.67. The Kier molecular flexibility index (Phi) is 3.56. The number of likely N-dealkylation sites (N-methyl/N-ethyl adjacent to an activating group) is 1. The third-order valence-electron chi connectivity index (χ3n) is 4.26. The standard InChI is InChI=1S/C19H21NO/c1-19(2,15-10-5-4-6-11-15)18(20-3)17-13-14-9-7-8-12-16(14)21-17/h4-13,18,20H,1-3H3. The van der Waals surface area contributed by atoms with E-state index in [9.17, 15) is 0 Å². The summed E-state index contributed by atoms with van der Waals surface area (Å²) in [5.74, 6) is 0.979. The van der Waals surface area contributed by atoms with E-state index < -0.39 is 0 Å². The van der Waals surface area contributed by atoms with E-state index in [-0.39, 0.29) is 11.5 Å². The summed E-state index contributed by atoms with van der Waals surface area (Å²) in [6.07, 6.45) is 0. The molecule has 2 heteroatoms. The lowest BCUT2D eigenvalue weighted by Crippen LogP contribution is -2.35. The highest BCUT2D eigenvalue weighted by Gasteiger charge is 2.33. The van der Waals surface area contributed by atoms with Crippen LogP contribution in [0.25, 0.3) is 11.0 Å². The number of hydrogen-bond donors (Lipinski definition) is 1. The Bertz CT molecular complexity index is 694. The van der Waals surface area contributed by atoms with Gasteiger partial charge in [-0.25, -0.2) is 0 Å². The smallest absolute Gasteiger partial charge is 0.134 e. The third-order valence-corrected chi connectivity index (χ3v) is 4.26. The van der Waals surface area contributed by atoms with Gasteiger partial charge < -0.3 is 9.73 Å². The molecule has 3 rings (SSSR count). The second-order valence-electron chi connectivity index (χ2n) is 6.00. The molecule has 3 aromatic rings. The van der Waals surface area contributed by atoms with E-state index in [0.29, 0.717) is 0 Å². The highest BCUT2D eigenvalue weighted by Crippen LogP contribution is 2.38. The van der Waals surface area contributed by atoms with Crippen molar-refractivity contribution in [3.05, 3.63) is 72.0 Å². The van der Waals surface area contributed by atoms with E-state index >= 15 is 0 Å². The maximum absolute atomic E-state index is 6.07. The Labute approximate surface area is 125 Å². The second-order valence-corrected chi connectivity index (χ2v) is 6.00. The van der Waals surface area contributed by atoms with Crippen LogP contribution in [0.5, 0.6) is 0 Å². The lowest BCUT2D eigenvalue weighted by Gasteiger charge is -2.33. The van der Waals surface area contributed by atoms with Crippen LogP contribution in [0.1, 0.15) is 31.2 Å². The first kappa shape index (κ1) is 13.9. The van der Waals surface area contributed by atoms with Crippen molar-refractivity contribution in [3.63, 3.8) is 0 Å². The van der Waals surface area contributed by atoms with E-state index in [1.54, 1.807) is 0 Å². The predicted molar refractivity (Wildman–Crippen MR) is 87.5 cm³/mol. The highest BCUT2D eigenvalue weighted by molar-refractivity contribution is 5.77. The molecule has 0 saturated carbocycles. The Morgan fingerprint density at radius 3 is 2.29 bits per heavy atom. The van der Waals surface area contributed by atoms with E-state index in [1.165, 1.54) is 5.56 Å². The molecular formula is C19H21NO. The Hall–Kier alpha value is -2.06. The fraction of sp³-hybridized carbons (Fsp3) is 0.263. The van der Waals surface area contributed by atoms with Crippen molar-refractivity contribution in [2.45, 2.75) is 25.3 Å². The molecule has 0 aliphatic heterocycles. The summed E-state index contributed by atoms with van der Waals surface area (Å²) in [5.41, 5.74) is 2.17. The number of furan rings is 1. The van der Waals surface area contributed by atoms with E-state index in [4.69, 9.17) is 4.42 Å². The topological polar surface area (TPSA) is 25.2 Å². The summed E-state index contributed by atoms with van der Waals surface area (Å²) in [6.45, 7) is 4.49. The molecular weight excluding hydrogens is 258 g/mol. The maximum atomic E-state index is 6.07. The number of para-hydroxylation sites is 1. The first-order chi connectivity index (χ1) is 10.1. The zero-order valence-electron chi connectivity index (χ0n) is 12.8. The van der Waals surface area contributed by atoms with Gasteiger partial charge in [0.25, 0.3) is 0 Å². The molecule has 1 N–H and O–H groups in total. The van der Waals surface area contributed by atoms with Crippen LogP contribution < -0.4 is 5.32 Å². The van der Waals surface area contributed by atoms with Gasteiger partial charge in [0.15, 0.2) is 0 Å². The molecule has 0 spiro atoms. The van der Waals surface area contributed by atoms with Crippen molar-refractivity contribution >= 4 is 11.0 Å². The number of fused-ring (bicyclic) bond motifs is 1. The van der Waals surface area contributed by atoms with Gasteiger partial charge in [-0.2, -0.15) is 0 Å². The van der Waals surface area contributed by atoms with Crippen molar-refractivity contribution in [2.75, 3.05) is 7.05 Å². The average Bonchev–Trinajstić information content (AvgIpc) is 2.92. The molecule has 1 aromatic heterocycles. The van der Waals surface area contributed by atoms with Gasteiger partial charge in [-0.3, -0.25) is 0 Å². The van der Waals surface area contributed by atoms with Crippen LogP contribution in [0.2, 0.25) is 0 Å². The number of rotatable bonds is 4. The minimum absolute atomic E-state index is 0.0656. The quantitative estimate of drug-likeness (QED) is 0.750. The van der Waals surface area contributed by atoms with Gasteiger partial charge in [-0.1, -0.05) is 62.4 Å². The maximum Gasteiger partial charge on any atom is 0.134 e. The van der Waals surface area contributed by atoms with Gasteiger partial charge in [-0.05, 0) is 24.7 Å². The molecule has 0 fully saturated rings. The molecule has 0 saturated heterocycles. The van der Waals surface area contributed by atoms with Crippen LogP contribution in [0.4, 0.5) is 0 Å². The summed E-state index contributed by atoms with van der Waals surface area (Å²) in [5, 5.41) is 4.57. The Balaban J connectivity index is 2.05. The molecule has 0 radical (unpaired) electrons. The van der Waals surface area contributed by atoms with Crippen LogP contribution in [0.3, 0.4) is 0 Å². The van der Waals surface area contributed by atoms with Crippen molar-refractivity contribution in [1.29, 1.82) is 0 Å². The first-order valence-corrected chi connectivity index (χ1v) is 7.34. The number of benzene rings is 2. The van der Waals surface area contributed by atoms with Crippen LogP contribution >= 0.6 is 0 Å². The van der Waals surface area contributed by atoms with Gasteiger partial charge in [-0.15, -0.1) is 0 Å². The number of hydrogen-bond acceptors (Lipinski definition) is 2. The molecule has 0 bridgehead atoms. The van der Waals surface area contributed by atoms with Crippen molar-refractivity contribution in [3.8, 4) is 0 Å². The highest BCUT2D eigenvalue weighted by atomic mass is 16.3. The molecule has 108 valence electrons. The average molecular weight is 279 g/mol. The van der Waals surface area contributed by atoms with Gasteiger partial charge in [0.1, 0.15) is 11.3 Å². The largest absolute Gasteiger partial charge is 0.459 e. The molecule has 1 atom stereocenters. The first-order valence-electron chi connectivity index (χ1n) is 7.34. The molecule has 2 nitrogen and oxygen atoms in total. The fourth-order valence-electron chi connectivity index (χ4n) is 3.04. The van der Waals surface area contributed by atoms with Crippen molar-refractivity contribution < 1.29 is 4.42 Å². The molecule has 2 aromatic carbocycles. The molecule has 1 heterocycles. The SMILES string of the molecule is CNC(c1cc2ccccc2o1)C(C)(C)c1ccccc1. The second kappa shape index (κ2) is 5.38. The summed E-state index contributed by atoms with van der Waals surface area (Å²) in [7, 11) is 1.99. The lowest BCUT2D eigenvalue weighted by molar-refractivity contribution is 0.319. The van der Waals surface area contributed by atoms with Crippen LogP contribution in [0.15, 0.2) is 65.1 Å². The minimum atomic E-state index is -0.0656. The Morgan fingerprint density at radius 2 is 1.62 bits per heavy atom. The van der Waals surface area contributed by atoms with Gasteiger partial charge >= 0.3 is 0 Å². The molecule has 1 unspecified atom stereocenters. The van der Waals surface area contributed by atoms with E-state index in [0.717, 1.165) is 16.7 Å². The molecule has 21 heavy (non-hydrogen) atoms. The number of nitrogens with one attached hydrogen (secondary N) is 1. The van der Waals surface area contributed by atoms with Crippen LogP contribution in [-0.4, -0.2) is 7.05 Å². The summed E-state index contributed by atoms with van der Waals surface area (Å²) in [6, 6.07) is 21.0.